The van der Waals surface area contributed by atoms with E-state index in [4.69, 9.17) is 10.2 Å². The first kappa shape index (κ1) is 36.4. The first-order valence-corrected chi connectivity index (χ1v) is 16.4. The van der Waals surface area contributed by atoms with Gasteiger partial charge < -0.3 is 10.2 Å². The highest BCUT2D eigenvalue weighted by Crippen LogP contribution is 2.16. The minimum Gasteiger partial charge on any atom is -0.478 e. The van der Waals surface area contributed by atoms with Crippen molar-refractivity contribution in [1.29, 1.82) is 0 Å². The lowest BCUT2D eigenvalue weighted by Gasteiger charge is -2.04. The average molecular weight is 535 g/mol. The fraction of sp³-hybridized carbons (Fsp3) is 0.824. The lowest BCUT2D eigenvalue weighted by Crippen LogP contribution is -1.86. The van der Waals surface area contributed by atoms with E-state index in [-0.39, 0.29) is 0 Å². The Morgan fingerprint density at radius 3 is 0.632 bits per heavy atom. The molecule has 4 nitrogen and oxygen atoms in total. The molecule has 38 heavy (non-hydrogen) atoms. The molecule has 0 aliphatic carbocycles. The highest BCUT2D eigenvalue weighted by molar-refractivity contribution is 5.79. The van der Waals surface area contributed by atoms with Crippen molar-refractivity contribution in [1.82, 2.24) is 0 Å². The molecule has 0 saturated heterocycles. The molecular formula is C34H62O4. The van der Waals surface area contributed by atoms with Gasteiger partial charge in [-0.15, -0.1) is 0 Å². The molecule has 0 saturated carbocycles. The van der Waals surface area contributed by atoms with E-state index in [1.54, 1.807) is 12.2 Å². The largest absolute Gasteiger partial charge is 0.478 e. The van der Waals surface area contributed by atoms with Crippen LogP contribution in [0, 0.1) is 0 Å². The van der Waals surface area contributed by atoms with Crippen molar-refractivity contribution >= 4 is 11.9 Å². The maximum atomic E-state index is 10.4. The summed E-state index contributed by atoms with van der Waals surface area (Å²) in [5, 5.41) is 17.1. The van der Waals surface area contributed by atoms with Crippen molar-refractivity contribution in [3.05, 3.63) is 24.3 Å². The van der Waals surface area contributed by atoms with Crippen LogP contribution in [0.5, 0.6) is 0 Å². The Labute approximate surface area is 235 Å². The van der Waals surface area contributed by atoms with E-state index >= 15 is 0 Å². The molecule has 0 unspecified atom stereocenters. The van der Waals surface area contributed by atoms with E-state index in [1.807, 2.05) is 0 Å². The predicted octanol–water partition coefficient (Wildman–Crippen LogP) is 11.2. The van der Waals surface area contributed by atoms with Gasteiger partial charge in [0.1, 0.15) is 0 Å². The highest BCUT2D eigenvalue weighted by Gasteiger charge is 1.97. The van der Waals surface area contributed by atoms with Gasteiger partial charge >= 0.3 is 11.9 Å². The van der Waals surface area contributed by atoms with Crippen LogP contribution in [0.15, 0.2) is 24.3 Å². The molecule has 0 spiro atoms. The first-order chi connectivity index (χ1) is 18.6. The van der Waals surface area contributed by atoms with Crippen LogP contribution in [0.25, 0.3) is 0 Å². The van der Waals surface area contributed by atoms with Gasteiger partial charge in [0.25, 0.3) is 0 Å². The summed E-state index contributed by atoms with van der Waals surface area (Å²) in [6.45, 7) is 0. The number of carboxylic acid groups (broad SMARTS) is 2. The molecule has 2 N–H and O–H groups in total. The second kappa shape index (κ2) is 31.6. The van der Waals surface area contributed by atoms with Crippen LogP contribution in [0.4, 0.5) is 0 Å². The molecule has 4 heteroatoms. The second-order valence-electron chi connectivity index (χ2n) is 11.3. The molecule has 0 fully saturated rings. The molecule has 0 heterocycles. The number of aliphatic carboxylic acids is 2. The van der Waals surface area contributed by atoms with Gasteiger partial charge in [0.15, 0.2) is 0 Å². The zero-order valence-corrected chi connectivity index (χ0v) is 24.8. The first-order valence-electron chi connectivity index (χ1n) is 16.4. The van der Waals surface area contributed by atoms with Crippen LogP contribution < -0.4 is 0 Å². The van der Waals surface area contributed by atoms with Crippen molar-refractivity contribution in [2.24, 2.45) is 0 Å². The zero-order chi connectivity index (χ0) is 27.8. The van der Waals surface area contributed by atoms with Crippen LogP contribution in [0.3, 0.4) is 0 Å². The Hall–Kier alpha value is -1.58. The molecule has 0 aromatic rings. The van der Waals surface area contributed by atoms with Crippen molar-refractivity contribution in [2.45, 2.75) is 180 Å². The third kappa shape index (κ3) is 34.4. The van der Waals surface area contributed by atoms with Gasteiger partial charge in [-0.3, -0.25) is 0 Å². The van der Waals surface area contributed by atoms with Crippen molar-refractivity contribution in [2.75, 3.05) is 0 Å². The SMILES string of the molecule is O=C(O)C=CCCCCCCCCCCCCCCCCCCCCCCCCCCCCC=CC(=O)O. The van der Waals surface area contributed by atoms with E-state index in [9.17, 15) is 9.59 Å². The molecule has 0 radical (unpaired) electrons. The molecular weight excluding hydrogens is 472 g/mol. The summed E-state index contributed by atoms with van der Waals surface area (Å²) in [7, 11) is 0. The summed E-state index contributed by atoms with van der Waals surface area (Å²) >= 11 is 0. The Bertz CT molecular complexity index is 517. The lowest BCUT2D eigenvalue weighted by molar-refractivity contribution is -0.132. The fourth-order valence-corrected chi connectivity index (χ4v) is 5.14. The maximum Gasteiger partial charge on any atom is 0.327 e. The molecule has 0 aliphatic heterocycles. The van der Waals surface area contributed by atoms with E-state index in [1.165, 1.54) is 166 Å². The molecule has 0 rings (SSSR count). The smallest absolute Gasteiger partial charge is 0.327 e. The zero-order valence-electron chi connectivity index (χ0n) is 24.8. The number of unbranched alkanes of at least 4 members (excludes halogenated alkanes) is 27. The monoisotopic (exact) mass is 534 g/mol. The van der Waals surface area contributed by atoms with Crippen LogP contribution in [0.2, 0.25) is 0 Å². The molecule has 222 valence electrons. The summed E-state index contributed by atoms with van der Waals surface area (Å²) in [6.07, 6.45) is 43.2. The van der Waals surface area contributed by atoms with Gasteiger partial charge in [-0.1, -0.05) is 166 Å². The number of carbonyl (C=O) groups is 2. The van der Waals surface area contributed by atoms with Crippen LogP contribution in [0.1, 0.15) is 180 Å². The minimum absolute atomic E-state index is 0.837. The predicted molar refractivity (Wildman–Crippen MR) is 163 cm³/mol. The highest BCUT2D eigenvalue weighted by atomic mass is 16.4. The number of carboxylic acids is 2. The normalized spacial score (nSPS) is 11.7. The van der Waals surface area contributed by atoms with Gasteiger partial charge in [-0.05, 0) is 25.7 Å². The van der Waals surface area contributed by atoms with Gasteiger partial charge in [0.05, 0.1) is 0 Å². The van der Waals surface area contributed by atoms with Crippen LogP contribution in [-0.2, 0) is 9.59 Å². The fourth-order valence-electron chi connectivity index (χ4n) is 5.14. The summed E-state index contributed by atoms with van der Waals surface area (Å²) in [5.74, 6) is -1.67. The lowest BCUT2D eigenvalue weighted by atomic mass is 10.0. The molecule has 0 aromatic carbocycles. The molecule has 0 amide bonds. The van der Waals surface area contributed by atoms with Gasteiger partial charge in [-0.2, -0.15) is 0 Å². The van der Waals surface area contributed by atoms with Crippen molar-refractivity contribution in [3.63, 3.8) is 0 Å². The number of rotatable bonds is 31. The minimum atomic E-state index is -0.837. The average Bonchev–Trinajstić information content (AvgIpc) is 2.89. The van der Waals surface area contributed by atoms with Gasteiger partial charge in [-0.25, -0.2) is 9.59 Å². The standard InChI is InChI=1S/C34H62O4/c35-33(36)31-29-27-25-23-21-19-17-15-13-11-9-7-5-3-1-2-4-6-8-10-12-14-16-18-20-22-24-26-28-30-32-34(37)38/h29-32H,1-28H2,(H,35,36)(H,37,38). The Morgan fingerprint density at radius 2 is 0.474 bits per heavy atom. The maximum absolute atomic E-state index is 10.4. The van der Waals surface area contributed by atoms with Gasteiger partial charge in [0, 0.05) is 12.2 Å². The van der Waals surface area contributed by atoms with Crippen LogP contribution >= 0.6 is 0 Å². The van der Waals surface area contributed by atoms with Crippen molar-refractivity contribution in [3.8, 4) is 0 Å². The second-order valence-corrected chi connectivity index (χ2v) is 11.3. The molecule has 0 atom stereocenters. The summed E-state index contributed by atoms with van der Waals surface area (Å²) in [5.41, 5.74) is 0. The van der Waals surface area contributed by atoms with E-state index in [0.29, 0.717) is 0 Å². The van der Waals surface area contributed by atoms with Gasteiger partial charge in [0.2, 0.25) is 0 Å². The third-order valence-electron chi connectivity index (χ3n) is 7.51. The van der Waals surface area contributed by atoms with E-state index in [2.05, 4.69) is 0 Å². The van der Waals surface area contributed by atoms with Crippen LogP contribution in [-0.4, -0.2) is 22.2 Å². The summed E-state index contributed by atoms with van der Waals surface area (Å²) < 4.78 is 0. The van der Waals surface area contributed by atoms with Crippen molar-refractivity contribution < 1.29 is 19.8 Å². The number of allylic oxidation sites excluding steroid dienone is 2. The third-order valence-corrected chi connectivity index (χ3v) is 7.51. The van der Waals surface area contributed by atoms with E-state index in [0.717, 1.165) is 25.7 Å². The molecule has 0 aliphatic rings. The Morgan fingerprint density at radius 1 is 0.316 bits per heavy atom. The summed E-state index contributed by atoms with van der Waals surface area (Å²) in [6, 6.07) is 0. The number of hydrogen-bond acceptors (Lipinski definition) is 2. The number of hydrogen-bond donors (Lipinski definition) is 2. The molecule has 0 bridgehead atoms. The quantitative estimate of drug-likeness (QED) is 0.0685. The topological polar surface area (TPSA) is 74.6 Å². The molecule has 0 aromatic heterocycles. The summed E-state index contributed by atoms with van der Waals surface area (Å²) in [4.78, 5) is 20.7. The van der Waals surface area contributed by atoms with E-state index < -0.39 is 11.9 Å². The Balaban J connectivity index is 3.07. The Kier molecular flexibility index (Phi) is 30.3.